The molecule has 0 unspecified atom stereocenters. The smallest absolute Gasteiger partial charge is 0.165 e. The standard InChI is InChI=1S/C12H13BrFN3OS/c1-2-5-15-12-10(16-17-19-12)7-18-11-6-8(13)3-4-9(11)14/h3-4,6,15H,2,5,7H2,1H3. The SMILES string of the molecule is CCCNc1snnc1COc1cc(Br)ccc1F. The summed E-state index contributed by atoms with van der Waals surface area (Å²) in [6.07, 6.45) is 1.01. The van der Waals surface area contributed by atoms with Crippen LogP contribution in [0, 0.1) is 5.82 Å². The van der Waals surface area contributed by atoms with Gasteiger partial charge in [0.2, 0.25) is 0 Å². The van der Waals surface area contributed by atoms with Crippen LogP contribution in [0.2, 0.25) is 0 Å². The highest BCUT2D eigenvalue weighted by atomic mass is 79.9. The number of rotatable bonds is 6. The van der Waals surface area contributed by atoms with Crippen LogP contribution >= 0.6 is 27.5 Å². The van der Waals surface area contributed by atoms with Crippen molar-refractivity contribution in [2.24, 2.45) is 0 Å². The van der Waals surface area contributed by atoms with Crippen molar-refractivity contribution in [3.63, 3.8) is 0 Å². The van der Waals surface area contributed by atoms with Crippen LogP contribution in [0.5, 0.6) is 5.75 Å². The van der Waals surface area contributed by atoms with Crippen LogP contribution in [0.3, 0.4) is 0 Å². The van der Waals surface area contributed by atoms with Gasteiger partial charge in [0.1, 0.15) is 17.3 Å². The van der Waals surface area contributed by atoms with Gasteiger partial charge in [0.15, 0.2) is 11.6 Å². The van der Waals surface area contributed by atoms with Crippen molar-refractivity contribution < 1.29 is 9.13 Å². The third kappa shape index (κ3) is 3.87. The predicted molar refractivity (Wildman–Crippen MR) is 77.1 cm³/mol. The first-order valence-corrected chi connectivity index (χ1v) is 7.40. The van der Waals surface area contributed by atoms with Crippen molar-refractivity contribution in [2.75, 3.05) is 11.9 Å². The molecule has 2 aromatic rings. The van der Waals surface area contributed by atoms with Crippen molar-refractivity contribution in [3.05, 3.63) is 34.2 Å². The van der Waals surface area contributed by atoms with E-state index in [4.69, 9.17) is 4.74 Å². The second-order valence-electron chi connectivity index (χ2n) is 3.84. The quantitative estimate of drug-likeness (QED) is 0.863. The van der Waals surface area contributed by atoms with Crippen molar-refractivity contribution in [2.45, 2.75) is 20.0 Å². The Balaban J connectivity index is 2.02. The van der Waals surface area contributed by atoms with Crippen LogP contribution in [0.4, 0.5) is 9.39 Å². The van der Waals surface area contributed by atoms with Gasteiger partial charge in [0.25, 0.3) is 0 Å². The highest BCUT2D eigenvalue weighted by Gasteiger charge is 2.10. The topological polar surface area (TPSA) is 47.0 Å². The van der Waals surface area contributed by atoms with Gasteiger partial charge in [0, 0.05) is 22.5 Å². The van der Waals surface area contributed by atoms with E-state index in [1.54, 1.807) is 12.1 Å². The van der Waals surface area contributed by atoms with Gasteiger partial charge in [-0.25, -0.2) is 4.39 Å². The Hall–Kier alpha value is -1.21. The summed E-state index contributed by atoms with van der Waals surface area (Å²) in [5.74, 6) is -0.196. The molecule has 102 valence electrons. The summed E-state index contributed by atoms with van der Waals surface area (Å²) in [7, 11) is 0. The lowest BCUT2D eigenvalue weighted by Crippen LogP contribution is -2.04. The Bertz CT molecular complexity index is 550. The minimum atomic E-state index is -0.394. The van der Waals surface area contributed by atoms with E-state index in [1.165, 1.54) is 17.6 Å². The molecule has 0 saturated carbocycles. The van der Waals surface area contributed by atoms with Crippen LogP contribution in [0.25, 0.3) is 0 Å². The number of halogens is 2. The first-order valence-electron chi connectivity index (χ1n) is 5.83. The van der Waals surface area contributed by atoms with Crippen LogP contribution in [-0.2, 0) is 6.61 Å². The molecule has 0 fully saturated rings. The predicted octanol–water partition coefficient (Wildman–Crippen LogP) is 3.84. The van der Waals surface area contributed by atoms with E-state index < -0.39 is 5.82 Å². The van der Waals surface area contributed by atoms with Crippen molar-refractivity contribution in [1.82, 2.24) is 9.59 Å². The molecule has 19 heavy (non-hydrogen) atoms. The minimum Gasteiger partial charge on any atom is -0.484 e. The Kier molecular flexibility index (Phi) is 5.09. The van der Waals surface area contributed by atoms with E-state index in [2.05, 4.69) is 37.8 Å². The monoisotopic (exact) mass is 345 g/mol. The van der Waals surface area contributed by atoms with Gasteiger partial charge in [-0.05, 0) is 24.6 Å². The molecular formula is C12H13BrFN3OS. The zero-order chi connectivity index (χ0) is 13.7. The number of aromatic nitrogens is 2. The second-order valence-corrected chi connectivity index (χ2v) is 5.51. The Morgan fingerprint density at radius 1 is 1.47 bits per heavy atom. The van der Waals surface area contributed by atoms with Gasteiger partial charge < -0.3 is 10.1 Å². The molecule has 2 rings (SSSR count). The average Bonchev–Trinajstić information content (AvgIpc) is 2.85. The number of nitrogens with one attached hydrogen (secondary N) is 1. The van der Waals surface area contributed by atoms with Crippen LogP contribution < -0.4 is 10.1 Å². The van der Waals surface area contributed by atoms with E-state index in [1.807, 2.05) is 0 Å². The molecule has 1 N–H and O–H groups in total. The number of benzene rings is 1. The summed E-state index contributed by atoms with van der Waals surface area (Å²) in [4.78, 5) is 0. The fourth-order valence-corrected chi connectivity index (χ4v) is 2.34. The third-order valence-electron chi connectivity index (χ3n) is 2.35. The zero-order valence-electron chi connectivity index (χ0n) is 10.3. The fourth-order valence-electron chi connectivity index (χ4n) is 1.41. The maximum atomic E-state index is 13.5. The van der Waals surface area contributed by atoms with Crippen LogP contribution in [0.1, 0.15) is 19.0 Å². The number of nitrogens with zero attached hydrogens (tertiary/aromatic N) is 2. The summed E-state index contributed by atoms with van der Waals surface area (Å²) >= 11 is 4.56. The molecule has 4 nitrogen and oxygen atoms in total. The highest BCUT2D eigenvalue weighted by Crippen LogP contribution is 2.25. The molecule has 1 aromatic carbocycles. The first-order chi connectivity index (χ1) is 9.20. The molecule has 1 aromatic heterocycles. The molecular weight excluding hydrogens is 333 g/mol. The molecule has 0 saturated heterocycles. The summed E-state index contributed by atoms with van der Waals surface area (Å²) in [6.45, 7) is 3.12. The molecule has 0 bridgehead atoms. The third-order valence-corrected chi connectivity index (χ3v) is 3.57. The second kappa shape index (κ2) is 6.81. The first kappa shape index (κ1) is 14.2. The van der Waals surface area contributed by atoms with Crippen molar-refractivity contribution >= 4 is 32.5 Å². The Morgan fingerprint density at radius 2 is 2.32 bits per heavy atom. The molecule has 0 atom stereocenters. The summed E-state index contributed by atoms with van der Waals surface area (Å²) < 4.78 is 23.6. The van der Waals surface area contributed by atoms with E-state index >= 15 is 0 Å². The summed E-state index contributed by atoms with van der Waals surface area (Å²) in [5, 5.41) is 8.07. The summed E-state index contributed by atoms with van der Waals surface area (Å²) in [6, 6.07) is 4.57. The van der Waals surface area contributed by atoms with E-state index in [-0.39, 0.29) is 12.4 Å². The maximum Gasteiger partial charge on any atom is 0.165 e. The summed E-state index contributed by atoms with van der Waals surface area (Å²) in [5.41, 5.74) is 0.692. The van der Waals surface area contributed by atoms with E-state index in [0.717, 1.165) is 22.4 Å². The molecule has 0 aliphatic carbocycles. The van der Waals surface area contributed by atoms with Crippen molar-refractivity contribution in [1.29, 1.82) is 0 Å². The highest BCUT2D eigenvalue weighted by molar-refractivity contribution is 9.10. The number of ether oxygens (including phenoxy) is 1. The van der Waals surface area contributed by atoms with Crippen LogP contribution in [0.15, 0.2) is 22.7 Å². The Morgan fingerprint density at radius 3 is 3.11 bits per heavy atom. The molecule has 7 heteroatoms. The van der Waals surface area contributed by atoms with Gasteiger partial charge >= 0.3 is 0 Å². The molecule has 0 aliphatic heterocycles. The van der Waals surface area contributed by atoms with Crippen molar-refractivity contribution in [3.8, 4) is 5.75 Å². The molecule has 0 aliphatic rings. The van der Waals surface area contributed by atoms with Gasteiger partial charge in [-0.3, -0.25) is 0 Å². The number of hydrogen-bond acceptors (Lipinski definition) is 5. The molecule has 0 amide bonds. The van der Waals surface area contributed by atoms with Gasteiger partial charge in [-0.2, -0.15) is 0 Å². The maximum absolute atomic E-state index is 13.5. The fraction of sp³-hybridized carbons (Fsp3) is 0.333. The van der Waals surface area contributed by atoms with Gasteiger partial charge in [-0.1, -0.05) is 27.3 Å². The molecule has 0 spiro atoms. The van der Waals surface area contributed by atoms with Crippen LogP contribution in [-0.4, -0.2) is 16.1 Å². The van der Waals surface area contributed by atoms with E-state index in [9.17, 15) is 4.39 Å². The lowest BCUT2D eigenvalue weighted by atomic mass is 10.3. The molecule has 0 radical (unpaired) electrons. The average molecular weight is 346 g/mol. The van der Waals surface area contributed by atoms with Gasteiger partial charge in [0.05, 0.1) is 0 Å². The molecule has 1 heterocycles. The normalized spacial score (nSPS) is 10.5. The van der Waals surface area contributed by atoms with E-state index in [0.29, 0.717) is 5.69 Å². The lowest BCUT2D eigenvalue weighted by Gasteiger charge is -2.07. The lowest BCUT2D eigenvalue weighted by molar-refractivity contribution is 0.286. The number of anilines is 1. The largest absolute Gasteiger partial charge is 0.484 e. The Labute approximate surface area is 123 Å². The number of hydrogen-bond donors (Lipinski definition) is 1. The van der Waals surface area contributed by atoms with Gasteiger partial charge in [-0.15, -0.1) is 5.10 Å². The minimum absolute atomic E-state index is 0.190. The zero-order valence-corrected chi connectivity index (χ0v) is 12.7.